The Morgan fingerprint density at radius 3 is 2.05 bits per heavy atom. The normalized spacial score (nSPS) is 14.9. The van der Waals surface area contributed by atoms with Gasteiger partial charge in [0.2, 0.25) is 5.91 Å². The number of hydrogen-bond acceptors (Lipinski definition) is 8. The number of rotatable bonds is 10. The van der Waals surface area contributed by atoms with Crippen LogP contribution in [-0.2, 0) is 29.4 Å². The predicted molar refractivity (Wildman–Crippen MR) is 161 cm³/mol. The first-order valence-corrected chi connectivity index (χ1v) is 16.1. The molecule has 0 aliphatic carbocycles. The van der Waals surface area contributed by atoms with Crippen molar-refractivity contribution in [3.8, 4) is 0 Å². The molecule has 4 rings (SSSR count). The second-order valence-corrected chi connectivity index (χ2v) is 13.5. The Morgan fingerprint density at radius 2 is 1.48 bits per heavy atom. The number of sulfone groups is 1. The standard InChI is InChI=1S/C28H29ClN4O7S2/c1-3-27(33-14-16-40-17-15-33)41(36,37)23-9-5-22(6-10-23)31-28(35)25-18-20(29)4-13-26(25)32-42(38,39)24-11-7-21(8-12-24)30-19(2)34/h3-13,18,27,32H,1,14-17H2,2H3,(H,30,34)(H,31,35). The van der Waals surface area contributed by atoms with Gasteiger partial charge >= 0.3 is 0 Å². The van der Waals surface area contributed by atoms with E-state index < -0.39 is 31.1 Å². The molecule has 1 fully saturated rings. The molecule has 11 nitrogen and oxygen atoms in total. The minimum Gasteiger partial charge on any atom is -0.379 e. The summed E-state index contributed by atoms with van der Waals surface area (Å²) < 4.78 is 60.3. The minimum absolute atomic E-state index is 0.0265. The van der Waals surface area contributed by atoms with Crippen LogP contribution in [0.5, 0.6) is 0 Å². The number of halogens is 1. The highest BCUT2D eigenvalue weighted by Gasteiger charge is 2.31. The first-order chi connectivity index (χ1) is 19.9. The lowest BCUT2D eigenvalue weighted by atomic mass is 10.1. The van der Waals surface area contributed by atoms with Crippen LogP contribution in [0, 0.1) is 0 Å². The van der Waals surface area contributed by atoms with Crippen molar-refractivity contribution >= 4 is 60.3 Å². The Balaban J connectivity index is 1.52. The smallest absolute Gasteiger partial charge is 0.261 e. The molecule has 0 radical (unpaired) electrons. The molecule has 222 valence electrons. The minimum atomic E-state index is -4.11. The summed E-state index contributed by atoms with van der Waals surface area (Å²) in [7, 11) is -7.91. The third-order valence-corrected chi connectivity index (χ3v) is 9.99. The van der Waals surface area contributed by atoms with E-state index in [1.54, 1.807) is 4.90 Å². The molecule has 3 N–H and O–H groups in total. The van der Waals surface area contributed by atoms with Crippen LogP contribution in [0.1, 0.15) is 17.3 Å². The molecule has 1 unspecified atom stereocenters. The highest BCUT2D eigenvalue weighted by atomic mass is 35.5. The number of sulfonamides is 1. The van der Waals surface area contributed by atoms with Crippen LogP contribution in [0.2, 0.25) is 5.02 Å². The predicted octanol–water partition coefficient (Wildman–Crippen LogP) is 3.97. The number of anilines is 3. The van der Waals surface area contributed by atoms with Crippen LogP contribution in [-0.4, -0.2) is 65.2 Å². The van der Waals surface area contributed by atoms with Crippen LogP contribution in [0.25, 0.3) is 0 Å². The van der Waals surface area contributed by atoms with Gasteiger partial charge in [-0.1, -0.05) is 17.7 Å². The molecule has 0 spiro atoms. The molecule has 3 aromatic rings. The van der Waals surface area contributed by atoms with Gasteiger partial charge in [0.25, 0.3) is 15.9 Å². The molecule has 1 atom stereocenters. The van der Waals surface area contributed by atoms with Crippen LogP contribution < -0.4 is 15.4 Å². The fourth-order valence-corrected chi connectivity index (χ4v) is 7.19. The van der Waals surface area contributed by atoms with E-state index in [2.05, 4.69) is 21.9 Å². The van der Waals surface area contributed by atoms with Crippen LogP contribution in [0.15, 0.2) is 89.2 Å². The SMILES string of the molecule is C=CC(N1CCOCC1)S(=O)(=O)c1ccc(NC(=O)c2cc(Cl)ccc2NS(=O)(=O)c2ccc(NC(C)=O)cc2)cc1. The Labute approximate surface area is 249 Å². The highest BCUT2D eigenvalue weighted by molar-refractivity contribution is 7.92. The summed E-state index contributed by atoms with van der Waals surface area (Å²) in [5, 5.41) is 4.47. The van der Waals surface area contributed by atoms with Gasteiger partial charge in [-0.15, -0.1) is 6.58 Å². The van der Waals surface area contributed by atoms with E-state index in [1.807, 2.05) is 0 Å². The quantitative estimate of drug-likeness (QED) is 0.284. The van der Waals surface area contributed by atoms with Crippen molar-refractivity contribution < 1.29 is 31.2 Å². The van der Waals surface area contributed by atoms with Gasteiger partial charge < -0.3 is 15.4 Å². The molecule has 1 saturated heterocycles. The summed E-state index contributed by atoms with van der Waals surface area (Å²) in [6, 6.07) is 15.2. The van der Waals surface area contributed by atoms with Crippen LogP contribution in [0.3, 0.4) is 0 Å². The number of nitrogens with zero attached hydrogens (tertiary/aromatic N) is 1. The largest absolute Gasteiger partial charge is 0.379 e. The van der Waals surface area contributed by atoms with E-state index in [-0.39, 0.29) is 37.7 Å². The summed E-state index contributed by atoms with van der Waals surface area (Å²) in [5.41, 5.74) is 0.619. The summed E-state index contributed by atoms with van der Waals surface area (Å²) in [4.78, 5) is 26.2. The number of hydrogen-bond donors (Lipinski definition) is 3. The molecule has 0 bridgehead atoms. The Bertz CT molecular complexity index is 1690. The average molecular weight is 633 g/mol. The van der Waals surface area contributed by atoms with E-state index in [4.69, 9.17) is 16.3 Å². The monoisotopic (exact) mass is 632 g/mol. The van der Waals surface area contributed by atoms with Crippen molar-refractivity contribution in [3.05, 3.63) is 90.0 Å². The number of benzene rings is 3. The molecular weight excluding hydrogens is 604 g/mol. The van der Waals surface area contributed by atoms with Gasteiger partial charge in [-0.3, -0.25) is 19.2 Å². The molecule has 3 aromatic carbocycles. The van der Waals surface area contributed by atoms with E-state index in [0.29, 0.717) is 32.0 Å². The van der Waals surface area contributed by atoms with E-state index >= 15 is 0 Å². The molecule has 0 aromatic heterocycles. The topological polar surface area (TPSA) is 151 Å². The Morgan fingerprint density at radius 1 is 0.905 bits per heavy atom. The van der Waals surface area contributed by atoms with Crippen molar-refractivity contribution in [1.82, 2.24) is 4.90 Å². The lowest BCUT2D eigenvalue weighted by Gasteiger charge is -2.32. The molecule has 42 heavy (non-hydrogen) atoms. The molecule has 2 amide bonds. The summed E-state index contributed by atoms with van der Waals surface area (Å²) in [6.07, 6.45) is 1.38. The molecule has 0 saturated carbocycles. The zero-order valence-corrected chi connectivity index (χ0v) is 24.9. The molecule has 1 aliphatic heterocycles. The molecule has 1 aliphatic rings. The zero-order valence-electron chi connectivity index (χ0n) is 22.5. The third kappa shape index (κ3) is 7.36. The van der Waals surface area contributed by atoms with Crippen molar-refractivity contribution in [2.24, 2.45) is 0 Å². The summed E-state index contributed by atoms with van der Waals surface area (Å²) >= 11 is 6.11. The van der Waals surface area contributed by atoms with E-state index in [0.717, 1.165) is 0 Å². The fraction of sp³-hybridized carbons (Fsp3) is 0.214. The van der Waals surface area contributed by atoms with Gasteiger partial charge in [0.15, 0.2) is 9.84 Å². The second kappa shape index (κ2) is 13.0. The molecular formula is C28H29ClN4O7S2. The maximum Gasteiger partial charge on any atom is 0.261 e. The average Bonchev–Trinajstić information content (AvgIpc) is 2.95. The lowest BCUT2D eigenvalue weighted by molar-refractivity contribution is -0.114. The summed E-state index contributed by atoms with van der Waals surface area (Å²) in [5.74, 6) is -0.977. The maximum absolute atomic E-state index is 13.3. The van der Waals surface area contributed by atoms with Crippen LogP contribution in [0.4, 0.5) is 17.1 Å². The maximum atomic E-state index is 13.3. The van der Waals surface area contributed by atoms with Crippen molar-refractivity contribution in [1.29, 1.82) is 0 Å². The Hall–Kier alpha value is -3.75. The van der Waals surface area contributed by atoms with E-state index in [1.165, 1.54) is 79.7 Å². The fourth-order valence-electron chi connectivity index (χ4n) is 4.29. The van der Waals surface area contributed by atoms with Gasteiger partial charge in [0, 0.05) is 36.4 Å². The zero-order chi connectivity index (χ0) is 30.5. The van der Waals surface area contributed by atoms with Crippen LogP contribution >= 0.6 is 11.6 Å². The lowest BCUT2D eigenvalue weighted by Crippen LogP contribution is -2.46. The number of nitrogens with one attached hydrogen (secondary N) is 3. The van der Waals surface area contributed by atoms with Crippen molar-refractivity contribution in [3.63, 3.8) is 0 Å². The summed E-state index contributed by atoms with van der Waals surface area (Å²) in [6.45, 7) is 6.80. The Kier molecular flexibility index (Phi) is 9.69. The van der Waals surface area contributed by atoms with Gasteiger partial charge in [-0.05, 0) is 66.7 Å². The number of carbonyl (C=O) groups excluding carboxylic acids is 2. The van der Waals surface area contributed by atoms with Gasteiger partial charge in [-0.25, -0.2) is 16.8 Å². The number of amides is 2. The number of carbonyl (C=O) groups is 2. The van der Waals surface area contributed by atoms with Crippen molar-refractivity contribution in [2.75, 3.05) is 41.7 Å². The molecule has 14 heteroatoms. The second-order valence-electron chi connectivity index (χ2n) is 9.30. The number of ether oxygens (including phenoxy) is 1. The molecule has 1 heterocycles. The number of morpholine rings is 1. The highest BCUT2D eigenvalue weighted by Crippen LogP contribution is 2.27. The van der Waals surface area contributed by atoms with Gasteiger partial charge in [-0.2, -0.15) is 0 Å². The van der Waals surface area contributed by atoms with Crippen molar-refractivity contribution in [2.45, 2.75) is 22.1 Å². The first-order valence-electron chi connectivity index (χ1n) is 12.7. The van der Waals surface area contributed by atoms with E-state index in [9.17, 15) is 26.4 Å². The first kappa shape index (κ1) is 31.2. The third-order valence-electron chi connectivity index (χ3n) is 6.32. The van der Waals surface area contributed by atoms with Gasteiger partial charge in [0.05, 0.1) is 34.3 Å². The van der Waals surface area contributed by atoms with Gasteiger partial charge in [0.1, 0.15) is 5.37 Å².